The Hall–Kier alpha value is -1.06. The number of fused-ring (bicyclic) bond motifs is 2. The van der Waals surface area contributed by atoms with Crippen molar-refractivity contribution in [2.75, 3.05) is 0 Å². The quantitative estimate of drug-likeness (QED) is 0.872. The first-order chi connectivity index (χ1) is 10.9. The Balaban J connectivity index is 0.00000208. The molecule has 0 saturated heterocycles. The van der Waals surface area contributed by atoms with Crippen LogP contribution in [0.4, 0.5) is 0 Å². The van der Waals surface area contributed by atoms with Crippen LogP contribution in [0.1, 0.15) is 57.1 Å². The van der Waals surface area contributed by atoms with Crippen LogP contribution in [0.2, 0.25) is 0 Å². The Bertz CT molecular complexity index is 573. The third-order valence-corrected chi connectivity index (χ3v) is 6.06. The molecule has 3 N–H and O–H groups in total. The zero-order valence-corrected chi connectivity index (χ0v) is 15.9. The summed E-state index contributed by atoms with van der Waals surface area (Å²) in [5, 5.41) is 3.41. The summed E-state index contributed by atoms with van der Waals surface area (Å²) in [6.45, 7) is 6.16. The Labute approximate surface area is 152 Å². The van der Waals surface area contributed by atoms with Crippen molar-refractivity contribution in [1.82, 2.24) is 5.32 Å². The van der Waals surface area contributed by atoms with E-state index in [1.54, 1.807) is 0 Å². The molecule has 2 bridgehead atoms. The standard InChI is InChI=1S/C20H30N2O.ClH/c1-13-7-4-5-10-17(13)20(2,3)19(23)22-18-14-8-6-9-15(18)12-16(21)11-14;/h4-5,7,10,14-16,18H,6,8-9,11-12,21H2,1-3H3,(H,22,23);1H. The highest BCUT2D eigenvalue weighted by Gasteiger charge is 2.42. The smallest absolute Gasteiger partial charge is 0.230 e. The highest BCUT2D eigenvalue weighted by molar-refractivity contribution is 5.88. The Morgan fingerprint density at radius 3 is 2.33 bits per heavy atom. The van der Waals surface area contributed by atoms with Crippen LogP contribution < -0.4 is 11.1 Å². The molecule has 2 atom stereocenters. The van der Waals surface area contributed by atoms with Gasteiger partial charge in [0.1, 0.15) is 0 Å². The van der Waals surface area contributed by atoms with Gasteiger partial charge in [-0.3, -0.25) is 4.79 Å². The summed E-state index contributed by atoms with van der Waals surface area (Å²) in [7, 11) is 0. The molecular weight excluding hydrogens is 320 g/mol. The molecule has 2 aliphatic rings. The van der Waals surface area contributed by atoms with Crippen LogP contribution in [0, 0.1) is 18.8 Å². The number of halogens is 1. The van der Waals surface area contributed by atoms with Crippen molar-refractivity contribution in [3.05, 3.63) is 35.4 Å². The van der Waals surface area contributed by atoms with E-state index in [0.717, 1.165) is 18.4 Å². The van der Waals surface area contributed by atoms with Gasteiger partial charge in [-0.15, -0.1) is 12.4 Å². The van der Waals surface area contributed by atoms with Crippen molar-refractivity contribution in [2.24, 2.45) is 17.6 Å². The monoisotopic (exact) mass is 350 g/mol. The van der Waals surface area contributed by atoms with Gasteiger partial charge in [-0.2, -0.15) is 0 Å². The third kappa shape index (κ3) is 3.62. The average Bonchev–Trinajstić information content (AvgIpc) is 2.48. The SMILES string of the molecule is Cc1ccccc1C(C)(C)C(=O)NC1C2CCCC1CC(N)C2.Cl. The van der Waals surface area contributed by atoms with Gasteiger partial charge in [-0.1, -0.05) is 30.7 Å². The van der Waals surface area contributed by atoms with Crippen LogP contribution in [0.5, 0.6) is 0 Å². The lowest BCUT2D eigenvalue weighted by atomic mass is 9.66. The lowest BCUT2D eigenvalue weighted by molar-refractivity contribution is -0.128. The van der Waals surface area contributed by atoms with Crippen LogP contribution in [0.15, 0.2) is 24.3 Å². The zero-order chi connectivity index (χ0) is 16.6. The number of rotatable bonds is 3. The van der Waals surface area contributed by atoms with Gasteiger partial charge in [0.15, 0.2) is 0 Å². The molecule has 134 valence electrons. The van der Waals surface area contributed by atoms with Gasteiger partial charge in [-0.05, 0) is 69.4 Å². The first-order valence-electron chi connectivity index (χ1n) is 9.02. The molecule has 1 aromatic carbocycles. The molecule has 4 heteroatoms. The normalized spacial score (nSPS) is 29.5. The summed E-state index contributed by atoms with van der Waals surface area (Å²) in [6, 6.07) is 8.85. The van der Waals surface area contributed by atoms with E-state index in [1.165, 1.54) is 24.8 Å². The van der Waals surface area contributed by atoms with Crippen LogP contribution >= 0.6 is 12.4 Å². The number of hydrogen-bond donors (Lipinski definition) is 2. The molecule has 3 rings (SSSR count). The number of carbonyl (C=O) groups is 1. The van der Waals surface area contributed by atoms with Crippen molar-refractivity contribution in [3.8, 4) is 0 Å². The first kappa shape index (κ1) is 19.3. The highest BCUT2D eigenvalue weighted by atomic mass is 35.5. The maximum Gasteiger partial charge on any atom is 0.230 e. The number of amides is 1. The lowest BCUT2D eigenvalue weighted by Crippen LogP contribution is -2.56. The minimum absolute atomic E-state index is 0. The Kier molecular flexibility index (Phi) is 5.98. The van der Waals surface area contributed by atoms with Crippen molar-refractivity contribution in [1.29, 1.82) is 0 Å². The summed E-state index contributed by atoms with van der Waals surface area (Å²) >= 11 is 0. The van der Waals surface area contributed by atoms with E-state index in [0.29, 0.717) is 23.9 Å². The van der Waals surface area contributed by atoms with E-state index >= 15 is 0 Å². The zero-order valence-electron chi connectivity index (χ0n) is 15.0. The second-order valence-corrected chi connectivity index (χ2v) is 8.12. The minimum Gasteiger partial charge on any atom is -0.352 e. The topological polar surface area (TPSA) is 55.1 Å². The third-order valence-electron chi connectivity index (χ3n) is 6.06. The molecule has 0 aromatic heterocycles. The fraction of sp³-hybridized carbons (Fsp3) is 0.650. The van der Waals surface area contributed by atoms with Gasteiger partial charge in [-0.25, -0.2) is 0 Å². The molecule has 2 aliphatic carbocycles. The molecule has 0 aliphatic heterocycles. The molecule has 24 heavy (non-hydrogen) atoms. The van der Waals surface area contributed by atoms with E-state index in [-0.39, 0.29) is 18.3 Å². The van der Waals surface area contributed by atoms with E-state index in [2.05, 4.69) is 24.4 Å². The van der Waals surface area contributed by atoms with Crippen molar-refractivity contribution in [3.63, 3.8) is 0 Å². The molecule has 1 amide bonds. The molecule has 0 heterocycles. The van der Waals surface area contributed by atoms with Crippen molar-refractivity contribution >= 4 is 18.3 Å². The molecule has 0 radical (unpaired) electrons. The number of carbonyl (C=O) groups excluding carboxylic acids is 1. The predicted molar refractivity (Wildman–Crippen MR) is 101 cm³/mol. The molecule has 2 unspecified atom stereocenters. The average molecular weight is 351 g/mol. The predicted octanol–water partition coefficient (Wildman–Crippen LogP) is 3.72. The van der Waals surface area contributed by atoms with Gasteiger partial charge in [0.05, 0.1) is 5.41 Å². The van der Waals surface area contributed by atoms with E-state index in [1.807, 2.05) is 26.0 Å². The van der Waals surface area contributed by atoms with Crippen LogP contribution in [0.25, 0.3) is 0 Å². The summed E-state index contributed by atoms with van der Waals surface area (Å²) in [5.41, 5.74) is 8.00. The van der Waals surface area contributed by atoms with Gasteiger partial charge in [0.2, 0.25) is 5.91 Å². The van der Waals surface area contributed by atoms with Gasteiger partial charge in [0, 0.05) is 12.1 Å². The molecule has 1 aromatic rings. The van der Waals surface area contributed by atoms with Crippen LogP contribution in [-0.4, -0.2) is 18.0 Å². The second-order valence-electron chi connectivity index (χ2n) is 8.12. The summed E-state index contributed by atoms with van der Waals surface area (Å²) < 4.78 is 0. The van der Waals surface area contributed by atoms with Crippen molar-refractivity contribution < 1.29 is 4.79 Å². The number of nitrogens with two attached hydrogens (primary N) is 1. The summed E-state index contributed by atoms with van der Waals surface area (Å²) in [6.07, 6.45) is 5.83. The largest absolute Gasteiger partial charge is 0.352 e. The molecule has 3 nitrogen and oxygen atoms in total. The number of aryl methyl sites for hydroxylation is 1. The van der Waals surface area contributed by atoms with Crippen LogP contribution in [-0.2, 0) is 10.2 Å². The fourth-order valence-electron chi connectivity index (χ4n) is 4.75. The number of benzene rings is 1. The minimum atomic E-state index is -0.501. The van der Waals surface area contributed by atoms with Crippen LogP contribution in [0.3, 0.4) is 0 Å². The first-order valence-corrected chi connectivity index (χ1v) is 9.02. The molecule has 2 fully saturated rings. The number of nitrogens with one attached hydrogen (secondary N) is 1. The van der Waals surface area contributed by atoms with Crippen molar-refractivity contribution in [2.45, 2.75) is 70.4 Å². The Morgan fingerprint density at radius 1 is 1.17 bits per heavy atom. The molecular formula is C20H31ClN2O. The maximum absolute atomic E-state index is 13.1. The highest BCUT2D eigenvalue weighted by Crippen LogP contribution is 2.40. The van der Waals surface area contributed by atoms with E-state index in [9.17, 15) is 4.79 Å². The number of hydrogen-bond acceptors (Lipinski definition) is 2. The summed E-state index contributed by atoms with van der Waals surface area (Å²) in [4.78, 5) is 13.1. The van der Waals surface area contributed by atoms with E-state index < -0.39 is 5.41 Å². The second kappa shape index (κ2) is 7.45. The van der Waals surface area contributed by atoms with E-state index in [4.69, 9.17) is 5.73 Å². The summed E-state index contributed by atoms with van der Waals surface area (Å²) in [5.74, 6) is 1.28. The van der Waals surface area contributed by atoms with Gasteiger partial charge >= 0.3 is 0 Å². The van der Waals surface area contributed by atoms with Gasteiger partial charge < -0.3 is 11.1 Å². The maximum atomic E-state index is 13.1. The fourth-order valence-corrected chi connectivity index (χ4v) is 4.75. The Morgan fingerprint density at radius 2 is 1.75 bits per heavy atom. The molecule has 0 spiro atoms. The lowest BCUT2D eigenvalue weighted by Gasteiger charge is -2.46. The van der Waals surface area contributed by atoms with Gasteiger partial charge in [0.25, 0.3) is 0 Å². The molecule has 2 saturated carbocycles.